The van der Waals surface area contributed by atoms with E-state index in [1.54, 1.807) is 19.3 Å². The Morgan fingerprint density at radius 2 is 2.12 bits per heavy atom. The first-order valence-electron chi connectivity index (χ1n) is 8.60. The molecule has 0 spiro atoms. The molecule has 7 heteroatoms. The van der Waals surface area contributed by atoms with Crippen LogP contribution in [0.3, 0.4) is 0 Å². The number of hydrogen-bond acceptors (Lipinski definition) is 5. The van der Waals surface area contributed by atoms with Gasteiger partial charge in [0.25, 0.3) is 0 Å². The van der Waals surface area contributed by atoms with Gasteiger partial charge in [0.05, 0.1) is 0 Å². The zero-order valence-electron chi connectivity index (χ0n) is 14.6. The van der Waals surface area contributed by atoms with E-state index < -0.39 is 12.1 Å². The Labute approximate surface area is 152 Å². The number of rotatable bonds is 7. The topological polar surface area (TPSA) is 92.3 Å². The Bertz CT molecular complexity index is 762. The number of imide groups is 1. The maximum absolute atomic E-state index is 12.1. The molecule has 1 aromatic heterocycles. The summed E-state index contributed by atoms with van der Waals surface area (Å²) in [5, 5.41) is 8.13. The number of anilines is 1. The molecule has 1 aliphatic carbocycles. The van der Waals surface area contributed by atoms with Crippen LogP contribution < -0.4 is 20.7 Å². The first kappa shape index (κ1) is 17.7. The van der Waals surface area contributed by atoms with Crippen molar-refractivity contribution in [2.75, 3.05) is 5.32 Å². The smallest absolute Gasteiger partial charge is 0.321 e. The Morgan fingerprint density at radius 1 is 1.27 bits per heavy atom. The van der Waals surface area contributed by atoms with Gasteiger partial charge in [0, 0.05) is 35.8 Å². The number of benzene rings is 1. The number of ether oxygens (including phenoxy) is 1. The lowest BCUT2D eigenvalue weighted by Crippen LogP contribution is -2.46. The van der Waals surface area contributed by atoms with E-state index in [-0.39, 0.29) is 11.9 Å². The van der Waals surface area contributed by atoms with Gasteiger partial charge in [0.2, 0.25) is 5.91 Å². The molecule has 0 aliphatic heterocycles. The molecule has 0 saturated heterocycles. The van der Waals surface area contributed by atoms with Crippen molar-refractivity contribution < 1.29 is 14.3 Å². The van der Waals surface area contributed by atoms with E-state index >= 15 is 0 Å². The highest BCUT2D eigenvalue weighted by Crippen LogP contribution is 2.20. The normalized spacial score (nSPS) is 14.2. The second-order valence-electron chi connectivity index (χ2n) is 6.28. The molecular formula is C19H22N4O3. The van der Waals surface area contributed by atoms with Crippen LogP contribution in [-0.4, -0.2) is 29.0 Å². The van der Waals surface area contributed by atoms with E-state index in [1.807, 2.05) is 36.4 Å². The lowest BCUT2D eigenvalue weighted by Gasteiger charge is -2.16. The molecule has 1 aliphatic rings. The van der Waals surface area contributed by atoms with Crippen LogP contribution in [0.15, 0.2) is 48.8 Å². The molecule has 0 radical (unpaired) electrons. The van der Waals surface area contributed by atoms with Crippen molar-refractivity contribution in [1.82, 2.24) is 15.6 Å². The predicted molar refractivity (Wildman–Crippen MR) is 97.8 cm³/mol. The maximum Gasteiger partial charge on any atom is 0.321 e. The number of aromatic nitrogens is 1. The van der Waals surface area contributed by atoms with Gasteiger partial charge in [-0.1, -0.05) is 12.1 Å². The molecule has 1 atom stereocenters. The number of urea groups is 1. The summed E-state index contributed by atoms with van der Waals surface area (Å²) in [4.78, 5) is 27.8. The molecule has 1 aromatic carbocycles. The van der Waals surface area contributed by atoms with Crippen LogP contribution in [-0.2, 0) is 11.4 Å². The highest BCUT2D eigenvalue weighted by molar-refractivity contribution is 5.98. The highest BCUT2D eigenvalue weighted by atomic mass is 16.5. The number of hydrogen-bond donors (Lipinski definition) is 3. The third-order valence-electron chi connectivity index (χ3n) is 3.89. The molecule has 3 amide bonds. The van der Waals surface area contributed by atoms with Gasteiger partial charge in [-0.3, -0.25) is 15.1 Å². The Hall–Kier alpha value is -3.09. The van der Waals surface area contributed by atoms with Crippen molar-refractivity contribution in [2.45, 2.75) is 38.5 Å². The third-order valence-corrected chi connectivity index (χ3v) is 3.89. The first-order valence-corrected chi connectivity index (χ1v) is 8.60. The van der Waals surface area contributed by atoms with Crippen LogP contribution in [0.2, 0.25) is 0 Å². The first-order chi connectivity index (χ1) is 12.6. The zero-order chi connectivity index (χ0) is 18.4. The number of nitrogens with one attached hydrogen (secondary N) is 3. The molecule has 2 aromatic rings. The Kier molecular flexibility index (Phi) is 5.68. The summed E-state index contributed by atoms with van der Waals surface area (Å²) in [5.41, 5.74) is 1.71. The molecule has 3 rings (SSSR count). The third kappa shape index (κ3) is 5.47. The Morgan fingerprint density at radius 3 is 2.85 bits per heavy atom. The van der Waals surface area contributed by atoms with Crippen LogP contribution in [0.5, 0.6) is 5.75 Å². The molecule has 3 N–H and O–H groups in total. The van der Waals surface area contributed by atoms with Crippen molar-refractivity contribution in [1.29, 1.82) is 0 Å². The summed E-state index contributed by atoms with van der Waals surface area (Å²) in [7, 11) is 0. The van der Waals surface area contributed by atoms with Gasteiger partial charge >= 0.3 is 6.03 Å². The van der Waals surface area contributed by atoms with Gasteiger partial charge < -0.3 is 15.4 Å². The van der Waals surface area contributed by atoms with E-state index in [4.69, 9.17) is 4.74 Å². The van der Waals surface area contributed by atoms with Crippen molar-refractivity contribution in [3.05, 3.63) is 54.4 Å². The fourth-order valence-electron chi connectivity index (χ4n) is 2.31. The molecule has 1 unspecified atom stereocenters. The minimum Gasteiger partial charge on any atom is -0.489 e. The lowest BCUT2D eigenvalue weighted by atomic mass is 10.2. The number of nitrogens with zero attached hydrogens (tertiary/aromatic N) is 1. The predicted octanol–water partition coefficient (Wildman–Crippen LogP) is 2.45. The largest absolute Gasteiger partial charge is 0.489 e. The molecule has 7 nitrogen and oxygen atoms in total. The SMILES string of the molecule is CC(Nc1cccc(OCc2cccnc2)c1)C(=O)NC(=O)NC1CC1. The van der Waals surface area contributed by atoms with E-state index in [0.29, 0.717) is 12.4 Å². The van der Waals surface area contributed by atoms with E-state index in [1.165, 1.54) is 0 Å². The molecule has 1 saturated carbocycles. The lowest BCUT2D eigenvalue weighted by molar-refractivity contribution is -0.120. The average Bonchev–Trinajstić information content (AvgIpc) is 3.45. The van der Waals surface area contributed by atoms with E-state index in [2.05, 4.69) is 20.9 Å². The summed E-state index contributed by atoms with van der Waals surface area (Å²) < 4.78 is 5.75. The monoisotopic (exact) mass is 354 g/mol. The standard InChI is InChI=1S/C19H22N4O3/c1-13(18(24)23-19(25)22-15-7-8-15)21-16-5-2-6-17(10-16)26-12-14-4-3-9-20-11-14/h2-6,9-11,13,15,21H,7-8,12H2,1H3,(H2,22,23,24,25). The van der Waals surface area contributed by atoms with Crippen molar-refractivity contribution in [3.63, 3.8) is 0 Å². The van der Waals surface area contributed by atoms with Gasteiger partial charge in [-0.25, -0.2) is 4.79 Å². The van der Waals surface area contributed by atoms with Gasteiger partial charge in [-0.15, -0.1) is 0 Å². The molecule has 136 valence electrons. The second-order valence-corrected chi connectivity index (χ2v) is 6.28. The van der Waals surface area contributed by atoms with Gasteiger partial charge in [-0.05, 0) is 38.0 Å². The van der Waals surface area contributed by atoms with Crippen molar-refractivity contribution in [2.24, 2.45) is 0 Å². The fourth-order valence-corrected chi connectivity index (χ4v) is 2.31. The van der Waals surface area contributed by atoms with Gasteiger partial charge in [0.1, 0.15) is 18.4 Å². The summed E-state index contributed by atoms with van der Waals surface area (Å²) >= 11 is 0. The zero-order valence-corrected chi connectivity index (χ0v) is 14.6. The summed E-state index contributed by atoms with van der Waals surface area (Å²) in [6, 6.07) is 10.3. The Balaban J connectivity index is 1.50. The van der Waals surface area contributed by atoms with Gasteiger partial charge in [-0.2, -0.15) is 0 Å². The summed E-state index contributed by atoms with van der Waals surface area (Å²) in [5.74, 6) is 0.294. The van der Waals surface area contributed by atoms with E-state index in [0.717, 1.165) is 24.1 Å². The van der Waals surface area contributed by atoms with Crippen LogP contribution in [0, 0.1) is 0 Å². The van der Waals surface area contributed by atoms with Crippen LogP contribution in [0.1, 0.15) is 25.3 Å². The van der Waals surface area contributed by atoms with Crippen molar-refractivity contribution in [3.8, 4) is 5.75 Å². The van der Waals surface area contributed by atoms with E-state index in [9.17, 15) is 9.59 Å². The molecule has 26 heavy (non-hydrogen) atoms. The number of amides is 3. The van der Waals surface area contributed by atoms with Gasteiger partial charge in [0.15, 0.2) is 0 Å². The van der Waals surface area contributed by atoms with Crippen LogP contribution in [0.4, 0.5) is 10.5 Å². The number of pyridine rings is 1. The van der Waals surface area contributed by atoms with Crippen molar-refractivity contribution >= 4 is 17.6 Å². The molecule has 1 heterocycles. The average molecular weight is 354 g/mol. The number of carbonyl (C=O) groups excluding carboxylic acids is 2. The van der Waals surface area contributed by atoms with Crippen LogP contribution >= 0.6 is 0 Å². The fraction of sp³-hybridized carbons (Fsp3) is 0.316. The second kappa shape index (κ2) is 8.33. The quantitative estimate of drug-likeness (QED) is 0.710. The van der Waals surface area contributed by atoms with Crippen LogP contribution in [0.25, 0.3) is 0 Å². The molecule has 0 bridgehead atoms. The summed E-state index contributed by atoms with van der Waals surface area (Å²) in [6.07, 6.45) is 5.41. The highest BCUT2D eigenvalue weighted by Gasteiger charge is 2.24. The minimum absolute atomic E-state index is 0.208. The number of carbonyl (C=O) groups is 2. The molecular weight excluding hydrogens is 332 g/mol. The molecule has 1 fully saturated rings. The summed E-state index contributed by atoms with van der Waals surface area (Å²) in [6.45, 7) is 2.11. The minimum atomic E-state index is -0.562. The maximum atomic E-state index is 12.1.